The topological polar surface area (TPSA) is 138 Å². The minimum Gasteiger partial charge on any atom is -0.409 e. The Labute approximate surface area is 120 Å². The lowest BCUT2D eigenvalue weighted by Crippen LogP contribution is -2.36. The number of hydrogen-bond donors (Lipinski definition) is 3. The van der Waals surface area contributed by atoms with Crippen LogP contribution in [-0.4, -0.2) is 45.8 Å². The average molecular weight is 295 g/mol. The maximum Gasteiger partial charge on any atom is 0.288 e. The number of anilines is 1. The normalized spacial score (nSPS) is 17.0. The summed E-state index contributed by atoms with van der Waals surface area (Å²) in [7, 11) is 0. The molecule has 0 bridgehead atoms. The molecule has 0 amide bonds. The first-order chi connectivity index (χ1) is 10.1. The van der Waals surface area contributed by atoms with Crippen molar-refractivity contribution in [3.8, 4) is 0 Å². The summed E-state index contributed by atoms with van der Waals surface area (Å²) in [6.07, 6.45) is 2.75. The lowest BCUT2D eigenvalue weighted by Gasteiger charge is -2.32. The summed E-state index contributed by atoms with van der Waals surface area (Å²) >= 11 is 0. The minimum atomic E-state index is -0.580. The van der Waals surface area contributed by atoms with Gasteiger partial charge in [0.2, 0.25) is 0 Å². The number of oxime groups is 1. The fraction of sp³-hybridized carbons (Fsp3) is 0.500. The molecule has 9 nitrogen and oxygen atoms in total. The molecule has 0 spiro atoms. The van der Waals surface area contributed by atoms with Gasteiger partial charge in [0, 0.05) is 25.8 Å². The van der Waals surface area contributed by atoms with E-state index in [1.807, 2.05) is 4.90 Å². The molecule has 0 aromatic carbocycles. The van der Waals surface area contributed by atoms with Crippen LogP contribution in [0.3, 0.4) is 0 Å². The van der Waals surface area contributed by atoms with Crippen molar-refractivity contribution in [1.29, 1.82) is 0 Å². The van der Waals surface area contributed by atoms with E-state index < -0.39 is 4.92 Å². The van der Waals surface area contributed by atoms with Crippen LogP contribution in [0.5, 0.6) is 0 Å². The molecule has 1 aromatic rings. The van der Waals surface area contributed by atoms with Gasteiger partial charge in [-0.2, -0.15) is 0 Å². The predicted octanol–water partition coefficient (Wildman–Crippen LogP) is 0.293. The lowest BCUT2D eigenvalue weighted by molar-refractivity contribution is -0.385. The van der Waals surface area contributed by atoms with Gasteiger partial charge in [-0.15, -0.1) is 0 Å². The summed E-state index contributed by atoms with van der Waals surface area (Å²) in [6, 6.07) is 1.25. The predicted molar refractivity (Wildman–Crippen MR) is 75.4 cm³/mol. The Morgan fingerprint density at radius 3 is 2.76 bits per heavy atom. The number of amidine groups is 1. The number of pyridine rings is 1. The molecular weight excluding hydrogens is 278 g/mol. The first kappa shape index (κ1) is 15.0. The molecule has 2 heterocycles. The van der Waals surface area contributed by atoms with Gasteiger partial charge in [0.25, 0.3) is 5.69 Å². The van der Waals surface area contributed by atoms with Crippen LogP contribution in [0.2, 0.25) is 0 Å². The molecule has 9 heteroatoms. The Morgan fingerprint density at radius 2 is 2.24 bits per heavy atom. The summed E-state index contributed by atoms with van der Waals surface area (Å²) < 4.78 is 0. The second kappa shape index (κ2) is 6.35. The van der Waals surface area contributed by atoms with Crippen molar-refractivity contribution in [1.82, 2.24) is 4.98 Å². The van der Waals surface area contributed by atoms with Crippen LogP contribution < -0.4 is 10.6 Å². The van der Waals surface area contributed by atoms with Gasteiger partial charge in [0.05, 0.1) is 10.5 Å². The highest BCUT2D eigenvalue weighted by molar-refractivity contribution is 6.01. The van der Waals surface area contributed by atoms with Crippen molar-refractivity contribution in [3.63, 3.8) is 0 Å². The molecule has 0 atom stereocenters. The van der Waals surface area contributed by atoms with Gasteiger partial charge < -0.3 is 20.9 Å². The van der Waals surface area contributed by atoms with Crippen molar-refractivity contribution >= 4 is 17.3 Å². The molecule has 1 aromatic heterocycles. The highest BCUT2D eigenvalue weighted by Crippen LogP contribution is 2.26. The maximum absolute atomic E-state index is 10.8. The molecule has 0 aliphatic carbocycles. The molecule has 4 N–H and O–H groups in total. The van der Waals surface area contributed by atoms with E-state index in [4.69, 9.17) is 16.0 Å². The van der Waals surface area contributed by atoms with E-state index in [0.29, 0.717) is 18.9 Å². The quantitative estimate of drug-likeness (QED) is 0.238. The number of rotatable bonds is 4. The van der Waals surface area contributed by atoms with Gasteiger partial charge >= 0.3 is 0 Å². The zero-order valence-corrected chi connectivity index (χ0v) is 11.3. The molecule has 1 aliphatic rings. The van der Waals surface area contributed by atoms with Crippen molar-refractivity contribution in [3.05, 3.63) is 27.9 Å². The van der Waals surface area contributed by atoms with Gasteiger partial charge in [-0.1, -0.05) is 5.16 Å². The Morgan fingerprint density at radius 1 is 1.57 bits per heavy atom. The average Bonchev–Trinajstić information content (AvgIpc) is 2.53. The number of nitro groups is 1. The summed E-state index contributed by atoms with van der Waals surface area (Å²) in [5, 5.41) is 31.7. The SMILES string of the molecule is NC(=NO)c1cc([N+](=O)[O-])cnc1N1CCC(CO)CC1. The monoisotopic (exact) mass is 295 g/mol. The number of nitrogens with zero attached hydrogens (tertiary/aromatic N) is 4. The van der Waals surface area contributed by atoms with Gasteiger partial charge in [0.15, 0.2) is 5.84 Å². The second-order valence-electron chi connectivity index (χ2n) is 4.92. The summed E-state index contributed by atoms with van der Waals surface area (Å²) in [4.78, 5) is 16.2. The molecule has 0 unspecified atom stereocenters. The summed E-state index contributed by atoms with van der Waals surface area (Å²) in [6.45, 7) is 1.46. The molecule has 0 radical (unpaired) electrons. The largest absolute Gasteiger partial charge is 0.409 e. The fourth-order valence-corrected chi connectivity index (χ4v) is 2.37. The van der Waals surface area contributed by atoms with E-state index in [2.05, 4.69) is 10.1 Å². The third kappa shape index (κ3) is 3.19. The van der Waals surface area contributed by atoms with Crippen molar-refractivity contribution in [2.24, 2.45) is 16.8 Å². The molecule has 2 rings (SSSR count). The Kier molecular flexibility index (Phi) is 4.53. The van der Waals surface area contributed by atoms with E-state index in [-0.39, 0.29) is 29.6 Å². The first-order valence-corrected chi connectivity index (χ1v) is 6.55. The van der Waals surface area contributed by atoms with Crippen molar-refractivity contribution in [2.75, 3.05) is 24.6 Å². The Hall–Kier alpha value is -2.42. The van der Waals surface area contributed by atoms with Crippen LogP contribution in [0, 0.1) is 16.0 Å². The van der Waals surface area contributed by atoms with Crippen molar-refractivity contribution in [2.45, 2.75) is 12.8 Å². The summed E-state index contributed by atoms with van der Waals surface area (Å²) in [5.74, 6) is 0.490. The third-order valence-electron chi connectivity index (χ3n) is 3.62. The van der Waals surface area contributed by atoms with Gasteiger partial charge in [-0.25, -0.2) is 4.98 Å². The Balaban J connectivity index is 2.32. The highest BCUT2D eigenvalue weighted by Gasteiger charge is 2.24. The van der Waals surface area contributed by atoms with E-state index in [9.17, 15) is 10.1 Å². The number of hydrogen-bond acceptors (Lipinski definition) is 7. The number of aromatic nitrogens is 1. The van der Waals surface area contributed by atoms with Crippen LogP contribution in [0.15, 0.2) is 17.4 Å². The number of piperidine rings is 1. The molecule has 114 valence electrons. The van der Waals surface area contributed by atoms with Crippen LogP contribution in [0.4, 0.5) is 11.5 Å². The van der Waals surface area contributed by atoms with Crippen LogP contribution >= 0.6 is 0 Å². The van der Waals surface area contributed by atoms with E-state index in [0.717, 1.165) is 19.0 Å². The standard InChI is InChI=1S/C12H17N5O4/c13-11(15-19)10-5-9(17(20)21)6-14-12(10)16-3-1-8(7-18)2-4-16/h5-6,8,18-19H,1-4,7H2,(H2,13,15). The zero-order chi connectivity index (χ0) is 15.4. The zero-order valence-electron chi connectivity index (χ0n) is 11.3. The van der Waals surface area contributed by atoms with Gasteiger partial charge in [-0.3, -0.25) is 10.1 Å². The maximum atomic E-state index is 10.8. The molecule has 0 saturated carbocycles. The fourth-order valence-electron chi connectivity index (χ4n) is 2.37. The molecule has 1 fully saturated rings. The van der Waals surface area contributed by atoms with Crippen LogP contribution in [0.25, 0.3) is 0 Å². The smallest absolute Gasteiger partial charge is 0.288 e. The number of nitrogens with two attached hydrogens (primary N) is 1. The van der Waals surface area contributed by atoms with Gasteiger partial charge in [0.1, 0.15) is 12.0 Å². The third-order valence-corrected chi connectivity index (χ3v) is 3.62. The summed E-state index contributed by atoms with van der Waals surface area (Å²) in [5.41, 5.74) is 5.61. The van der Waals surface area contributed by atoms with Crippen LogP contribution in [-0.2, 0) is 0 Å². The molecule has 1 aliphatic heterocycles. The molecule has 21 heavy (non-hydrogen) atoms. The first-order valence-electron chi connectivity index (χ1n) is 6.55. The van der Waals surface area contributed by atoms with Gasteiger partial charge in [-0.05, 0) is 18.8 Å². The second-order valence-corrected chi connectivity index (χ2v) is 4.92. The lowest BCUT2D eigenvalue weighted by atomic mass is 9.97. The Bertz CT molecular complexity index is 555. The molecular formula is C12H17N5O4. The van der Waals surface area contributed by atoms with Crippen LogP contribution in [0.1, 0.15) is 18.4 Å². The number of aliphatic hydroxyl groups excluding tert-OH is 1. The van der Waals surface area contributed by atoms with E-state index in [1.165, 1.54) is 6.07 Å². The highest BCUT2D eigenvalue weighted by atomic mass is 16.6. The van der Waals surface area contributed by atoms with Crippen molar-refractivity contribution < 1.29 is 15.2 Å². The minimum absolute atomic E-state index is 0.147. The van der Waals surface area contributed by atoms with E-state index >= 15 is 0 Å². The molecule has 1 saturated heterocycles. The van der Waals surface area contributed by atoms with E-state index in [1.54, 1.807) is 0 Å². The number of aliphatic hydroxyl groups is 1.